The van der Waals surface area contributed by atoms with E-state index in [1.165, 1.54) is 18.4 Å². The number of unbranched alkanes of at least 4 members (excludes halogenated alkanes) is 1. The van der Waals surface area contributed by atoms with Gasteiger partial charge in [0.1, 0.15) is 0 Å². The Morgan fingerprint density at radius 1 is 1.26 bits per heavy atom. The van der Waals surface area contributed by atoms with Crippen LogP contribution in [0.4, 0.5) is 10.5 Å². The Balaban J connectivity index is 2.32. The van der Waals surface area contributed by atoms with Gasteiger partial charge in [-0.05, 0) is 31.4 Å². The van der Waals surface area contributed by atoms with E-state index in [-0.39, 0.29) is 6.09 Å². The van der Waals surface area contributed by atoms with Crippen LogP contribution in [0.25, 0.3) is 0 Å². The standard InChI is InChI=1S/C16H25NO2/c1-4-6-7-14(5-2)12-19-16(18)17-15-10-8-13(3)9-11-15/h8-11,14H,4-7,12H2,1-3H3,(H,17,18). The first-order valence-electron chi connectivity index (χ1n) is 7.16. The van der Waals surface area contributed by atoms with Gasteiger partial charge in [-0.3, -0.25) is 5.32 Å². The fourth-order valence-electron chi connectivity index (χ4n) is 1.88. The molecule has 19 heavy (non-hydrogen) atoms. The zero-order valence-electron chi connectivity index (χ0n) is 12.2. The molecule has 3 heteroatoms. The van der Waals surface area contributed by atoms with Crippen LogP contribution in [-0.4, -0.2) is 12.7 Å². The summed E-state index contributed by atoms with van der Waals surface area (Å²) in [5.74, 6) is 0.476. The number of carbonyl (C=O) groups is 1. The van der Waals surface area contributed by atoms with Crippen molar-refractivity contribution in [2.75, 3.05) is 11.9 Å². The van der Waals surface area contributed by atoms with Gasteiger partial charge in [0.15, 0.2) is 0 Å². The van der Waals surface area contributed by atoms with Gasteiger partial charge in [0.05, 0.1) is 6.61 Å². The van der Waals surface area contributed by atoms with Crippen molar-refractivity contribution in [3.63, 3.8) is 0 Å². The minimum absolute atomic E-state index is 0.362. The lowest BCUT2D eigenvalue weighted by Gasteiger charge is -2.15. The Labute approximate surface area is 116 Å². The molecular weight excluding hydrogens is 238 g/mol. The van der Waals surface area contributed by atoms with Gasteiger partial charge in [0.25, 0.3) is 0 Å². The molecule has 1 unspecified atom stereocenters. The van der Waals surface area contributed by atoms with E-state index < -0.39 is 0 Å². The highest BCUT2D eigenvalue weighted by atomic mass is 16.5. The molecule has 3 nitrogen and oxygen atoms in total. The third-order valence-electron chi connectivity index (χ3n) is 3.29. The highest BCUT2D eigenvalue weighted by molar-refractivity contribution is 5.84. The first-order valence-corrected chi connectivity index (χ1v) is 7.16. The third-order valence-corrected chi connectivity index (χ3v) is 3.29. The highest BCUT2D eigenvalue weighted by Crippen LogP contribution is 2.14. The summed E-state index contributed by atoms with van der Waals surface area (Å²) in [6.07, 6.45) is 4.20. The Bertz CT molecular complexity index is 373. The van der Waals surface area contributed by atoms with Gasteiger partial charge in [-0.25, -0.2) is 4.79 Å². The Morgan fingerprint density at radius 3 is 2.53 bits per heavy atom. The zero-order chi connectivity index (χ0) is 14.1. The molecule has 0 spiro atoms. The first kappa shape index (κ1) is 15.5. The molecule has 106 valence electrons. The summed E-state index contributed by atoms with van der Waals surface area (Å²) in [4.78, 5) is 11.7. The largest absolute Gasteiger partial charge is 0.449 e. The predicted molar refractivity (Wildman–Crippen MR) is 79.5 cm³/mol. The zero-order valence-corrected chi connectivity index (χ0v) is 12.2. The van der Waals surface area contributed by atoms with Crippen molar-refractivity contribution in [1.82, 2.24) is 0 Å². The summed E-state index contributed by atoms with van der Waals surface area (Å²) in [5, 5.41) is 2.74. The van der Waals surface area contributed by atoms with Crippen molar-refractivity contribution in [1.29, 1.82) is 0 Å². The Hall–Kier alpha value is -1.51. The first-order chi connectivity index (χ1) is 9.15. The van der Waals surface area contributed by atoms with Crippen molar-refractivity contribution in [3.05, 3.63) is 29.8 Å². The molecule has 0 saturated carbocycles. The van der Waals surface area contributed by atoms with E-state index in [1.54, 1.807) is 0 Å². The van der Waals surface area contributed by atoms with Gasteiger partial charge in [-0.15, -0.1) is 0 Å². The van der Waals surface area contributed by atoms with Crippen molar-refractivity contribution in [2.45, 2.75) is 46.5 Å². The van der Waals surface area contributed by atoms with Gasteiger partial charge in [0, 0.05) is 5.69 Å². The van der Waals surface area contributed by atoms with Crippen LogP contribution in [0.3, 0.4) is 0 Å². The van der Waals surface area contributed by atoms with E-state index in [0.29, 0.717) is 12.5 Å². The minimum atomic E-state index is -0.362. The quantitative estimate of drug-likeness (QED) is 0.770. The summed E-state index contributed by atoms with van der Waals surface area (Å²) in [6.45, 7) is 6.84. The molecule has 1 aromatic carbocycles. The van der Waals surface area contributed by atoms with Crippen molar-refractivity contribution >= 4 is 11.8 Å². The smallest absolute Gasteiger partial charge is 0.411 e. The number of benzene rings is 1. The monoisotopic (exact) mass is 263 g/mol. The molecule has 0 aromatic heterocycles. The van der Waals surface area contributed by atoms with E-state index in [4.69, 9.17) is 4.74 Å². The molecule has 0 saturated heterocycles. The van der Waals surface area contributed by atoms with E-state index >= 15 is 0 Å². The molecule has 0 fully saturated rings. The number of hydrogen-bond donors (Lipinski definition) is 1. The SMILES string of the molecule is CCCCC(CC)COC(=O)Nc1ccc(C)cc1. The third kappa shape index (κ3) is 6.27. The molecule has 1 aromatic rings. The summed E-state index contributed by atoms with van der Waals surface area (Å²) in [6, 6.07) is 7.69. The fraction of sp³-hybridized carbons (Fsp3) is 0.562. The topological polar surface area (TPSA) is 38.3 Å². The summed E-state index contributed by atoms with van der Waals surface area (Å²) in [5.41, 5.74) is 1.95. The molecule has 1 N–H and O–H groups in total. The number of ether oxygens (including phenoxy) is 1. The van der Waals surface area contributed by atoms with Crippen LogP contribution in [0, 0.1) is 12.8 Å². The summed E-state index contributed by atoms with van der Waals surface area (Å²) in [7, 11) is 0. The van der Waals surface area contributed by atoms with Crippen LogP contribution in [-0.2, 0) is 4.74 Å². The van der Waals surface area contributed by atoms with Gasteiger partial charge >= 0.3 is 6.09 Å². The lowest BCUT2D eigenvalue weighted by molar-refractivity contribution is 0.136. The second-order valence-electron chi connectivity index (χ2n) is 5.01. The molecule has 1 atom stereocenters. The lowest BCUT2D eigenvalue weighted by Crippen LogP contribution is -2.18. The number of nitrogens with one attached hydrogen (secondary N) is 1. The molecule has 0 aliphatic heterocycles. The van der Waals surface area contributed by atoms with Crippen molar-refractivity contribution < 1.29 is 9.53 Å². The molecule has 1 amide bonds. The van der Waals surface area contributed by atoms with E-state index in [2.05, 4.69) is 19.2 Å². The van der Waals surface area contributed by atoms with Crippen LogP contribution < -0.4 is 5.32 Å². The number of anilines is 1. The summed E-state index contributed by atoms with van der Waals surface area (Å²) < 4.78 is 5.28. The number of carbonyl (C=O) groups excluding carboxylic acids is 1. The molecular formula is C16H25NO2. The number of hydrogen-bond acceptors (Lipinski definition) is 2. The van der Waals surface area contributed by atoms with Gasteiger partial charge in [-0.1, -0.05) is 50.8 Å². The van der Waals surface area contributed by atoms with Crippen LogP contribution in [0.5, 0.6) is 0 Å². The molecule has 0 aliphatic carbocycles. The fourth-order valence-corrected chi connectivity index (χ4v) is 1.88. The van der Waals surface area contributed by atoms with E-state index in [1.807, 2.05) is 31.2 Å². The maximum atomic E-state index is 11.7. The van der Waals surface area contributed by atoms with Crippen LogP contribution in [0.2, 0.25) is 0 Å². The maximum Gasteiger partial charge on any atom is 0.411 e. The predicted octanol–water partition coefficient (Wildman–Crippen LogP) is 4.76. The second kappa shape index (κ2) is 8.57. The van der Waals surface area contributed by atoms with E-state index in [0.717, 1.165) is 18.5 Å². The van der Waals surface area contributed by atoms with E-state index in [9.17, 15) is 4.79 Å². The molecule has 0 bridgehead atoms. The van der Waals surface area contributed by atoms with Gasteiger partial charge in [-0.2, -0.15) is 0 Å². The van der Waals surface area contributed by atoms with Crippen molar-refractivity contribution in [2.24, 2.45) is 5.92 Å². The van der Waals surface area contributed by atoms with Crippen LogP contribution >= 0.6 is 0 Å². The minimum Gasteiger partial charge on any atom is -0.449 e. The van der Waals surface area contributed by atoms with Crippen LogP contribution in [0.1, 0.15) is 45.1 Å². The summed E-state index contributed by atoms with van der Waals surface area (Å²) >= 11 is 0. The average molecular weight is 263 g/mol. The number of amides is 1. The van der Waals surface area contributed by atoms with Crippen molar-refractivity contribution in [3.8, 4) is 0 Å². The number of aryl methyl sites for hydroxylation is 1. The molecule has 0 heterocycles. The highest BCUT2D eigenvalue weighted by Gasteiger charge is 2.09. The Kier molecular flexibility index (Phi) is 7.01. The molecule has 0 radical (unpaired) electrons. The Morgan fingerprint density at radius 2 is 1.95 bits per heavy atom. The lowest BCUT2D eigenvalue weighted by atomic mass is 10.0. The number of rotatable bonds is 7. The van der Waals surface area contributed by atoms with Gasteiger partial charge in [0.2, 0.25) is 0 Å². The molecule has 1 rings (SSSR count). The molecule has 0 aliphatic rings. The van der Waals surface area contributed by atoms with Gasteiger partial charge < -0.3 is 4.74 Å². The normalized spacial score (nSPS) is 11.9. The average Bonchev–Trinajstić information content (AvgIpc) is 2.42. The maximum absolute atomic E-state index is 11.7. The van der Waals surface area contributed by atoms with Crippen LogP contribution in [0.15, 0.2) is 24.3 Å². The second-order valence-corrected chi connectivity index (χ2v) is 5.01.